The van der Waals surface area contributed by atoms with Gasteiger partial charge >= 0.3 is 0 Å². The lowest BCUT2D eigenvalue weighted by Crippen LogP contribution is -2.49. The van der Waals surface area contributed by atoms with Crippen molar-refractivity contribution in [2.45, 2.75) is 33.2 Å². The Morgan fingerprint density at radius 3 is 2.48 bits per heavy atom. The van der Waals surface area contributed by atoms with E-state index in [2.05, 4.69) is 42.5 Å². The third kappa shape index (κ3) is 6.76. The first-order valence-electron chi connectivity index (χ1n) is 6.29. The van der Waals surface area contributed by atoms with Crippen molar-refractivity contribution in [3.8, 4) is 5.75 Å². The van der Waals surface area contributed by atoms with Gasteiger partial charge in [0.25, 0.3) is 5.91 Å². The lowest BCUT2D eigenvalue weighted by atomic mass is 10.1. The molecule has 0 radical (unpaired) electrons. The Labute approximate surface area is 147 Å². The number of thiocarbonyl (C=S) groups is 1. The number of ether oxygens (including phenoxy) is 1. The van der Waals surface area contributed by atoms with Crippen molar-refractivity contribution in [1.82, 2.24) is 10.6 Å². The van der Waals surface area contributed by atoms with Gasteiger partial charge in [-0.3, -0.25) is 4.79 Å². The largest absolute Gasteiger partial charge is 0.482 e. The van der Waals surface area contributed by atoms with Crippen LogP contribution in [0.25, 0.3) is 0 Å². The van der Waals surface area contributed by atoms with E-state index in [-0.39, 0.29) is 18.1 Å². The number of rotatable bonds is 3. The van der Waals surface area contributed by atoms with Crippen LogP contribution in [0.15, 0.2) is 21.1 Å². The van der Waals surface area contributed by atoms with Gasteiger partial charge in [-0.2, -0.15) is 0 Å². The van der Waals surface area contributed by atoms with Gasteiger partial charge in [-0.15, -0.1) is 0 Å². The van der Waals surface area contributed by atoms with Gasteiger partial charge in [0.05, 0.1) is 4.47 Å². The monoisotopic (exact) mass is 436 g/mol. The maximum Gasteiger partial charge on any atom is 0.264 e. The first-order valence-corrected chi connectivity index (χ1v) is 8.28. The van der Waals surface area contributed by atoms with Gasteiger partial charge in [0.2, 0.25) is 0 Å². The van der Waals surface area contributed by atoms with Crippen molar-refractivity contribution in [2.24, 2.45) is 0 Å². The molecule has 0 spiro atoms. The van der Waals surface area contributed by atoms with Gasteiger partial charge in [0.15, 0.2) is 11.7 Å². The molecule has 7 heteroatoms. The Morgan fingerprint density at radius 2 is 1.95 bits per heavy atom. The van der Waals surface area contributed by atoms with E-state index < -0.39 is 0 Å². The SMILES string of the molecule is Cc1cc(Br)cc(Br)c1OCC(=O)NC(=S)NC(C)(C)C. The molecule has 0 saturated heterocycles. The molecule has 0 unspecified atom stereocenters. The fraction of sp³-hybridized carbons (Fsp3) is 0.429. The molecule has 0 bridgehead atoms. The summed E-state index contributed by atoms with van der Waals surface area (Å²) in [7, 11) is 0. The van der Waals surface area contributed by atoms with Crippen LogP contribution in [0.3, 0.4) is 0 Å². The predicted octanol–water partition coefficient (Wildman–Crippen LogP) is 3.69. The molecule has 0 aliphatic carbocycles. The normalized spacial score (nSPS) is 11.0. The summed E-state index contributed by atoms with van der Waals surface area (Å²) in [6.45, 7) is 7.69. The van der Waals surface area contributed by atoms with Crippen LogP contribution in [0.1, 0.15) is 26.3 Å². The molecule has 4 nitrogen and oxygen atoms in total. The Hall–Kier alpha value is -0.660. The topological polar surface area (TPSA) is 50.4 Å². The molecule has 1 amide bonds. The number of aryl methyl sites for hydroxylation is 1. The van der Waals surface area contributed by atoms with Crippen molar-refractivity contribution in [3.05, 3.63) is 26.6 Å². The van der Waals surface area contributed by atoms with Crippen LogP contribution in [0.4, 0.5) is 0 Å². The zero-order valence-corrected chi connectivity index (χ0v) is 16.3. The van der Waals surface area contributed by atoms with E-state index in [1.165, 1.54) is 0 Å². The Balaban J connectivity index is 2.56. The number of hydrogen-bond donors (Lipinski definition) is 2. The van der Waals surface area contributed by atoms with E-state index >= 15 is 0 Å². The third-order valence-corrected chi connectivity index (χ3v) is 3.53. The minimum atomic E-state index is -0.300. The minimum Gasteiger partial charge on any atom is -0.482 e. The molecule has 0 fully saturated rings. The highest BCUT2D eigenvalue weighted by Crippen LogP contribution is 2.32. The van der Waals surface area contributed by atoms with Gasteiger partial charge in [-0.1, -0.05) is 15.9 Å². The number of nitrogens with one attached hydrogen (secondary N) is 2. The van der Waals surface area contributed by atoms with Crippen LogP contribution >= 0.6 is 44.1 Å². The van der Waals surface area contributed by atoms with Crippen molar-refractivity contribution in [3.63, 3.8) is 0 Å². The van der Waals surface area contributed by atoms with Gasteiger partial charge < -0.3 is 15.4 Å². The van der Waals surface area contributed by atoms with E-state index in [0.717, 1.165) is 14.5 Å². The average molecular weight is 438 g/mol. The zero-order valence-electron chi connectivity index (χ0n) is 12.3. The molecule has 21 heavy (non-hydrogen) atoms. The molecule has 0 heterocycles. The van der Waals surface area contributed by atoms with E-state index in [0.29, 0.717) is 10.9 Å². The number of amides is 1. The molecule has 0 aromatic heterocycles. The molecule has 0 aliphatic heterocycles. The molecule has 1 aromatic rings. The van der Waals surface area contributed by atoms with E-state index in [4.69, 9.17) is 17.0 Å². The average Bonchev–Trinajstić information content (AvgIpc) is 2.23. The molecular formula is C14H18Br2N2O2S. The minimum absolute atomic E-state index is 0.104. The first-order chi connectivity index (χ1) is 9.58. The summed E-state index contributed by atoms with van der Waals surface area (Å²) in [5.74, 6) is 0.342. The Morgan fingerprint density at radius 1 is 1.33 bits per heavy atom. The third-order valence-electron chi connectivity index (χ3n) is 2.28. The number of benzene rings is 1. The number of halogens is 2. The highest BCUT2D eigenvalue weighted by Gasteiger charge is 2.14. The standard InChI is InChI=1S/C14H18Br2N2O2S/c1-8-5-9(15)6-10(16)12(8)20-7-11(19)17-13(21)18-14(2,3)4/h5-6H,7H2,1-4H3,(H2,17,18,19,21). The summed E-state index contributed by atoms with van der Waals surface area (Å²) in [5, 5.41) is 5.89. The number of carbonyl (C=O) groups excluding carboxylic acids is 1. The molecule has 2 N–H and O–H groups in total. The maximum absolute atomic E-state index is 11.8. The fourth-order valence-electron chi connectivity index (χ4n) is 1.54. The number of carbonyl (C=O) groups is 1. The van der Waals surface area contributed by atoms with E-state index in [1.807, 2.05) is 39.8 Å². The van der Waals surface area contributed by atoms with Gasteiger partial charge in [0, 0.05) is 10.0 Å². The smallest absolute Gasteiger partial charge is 0.264 e. The molecule has 1 aromatic carbocycles. The molecule has 1 rings (SSSR count). The highest BCUT2D eigenvalue weighted by atomic mass is 79.9. The highest BCUT2D eigenvalue weighted by molar-refractivity contribution is 9.11. The van der Waals surface area contributed by atoms with Crippen molar-refractivity contribution >= 4 is 55.1 Å². The van der Waals surface area contributed by atoms with E-state index in [1.54, 1.807) is 0 Å². The van der Waals surface area contributed by atoms with Gasteiger partial charge in [-0.25, -0.2) is 0 Å². The van der Waals surface area contributed by atoms with Crippen LogP contribution in [0.2, 0.25) is 0 Å². The van der Waals surface area contributed by atoms with Crippen LogP contribution in [0.5, 0.6) is 5.75 Å². The first kappa shape index (κ1) is 18.4. The lowest BCUT2D eigenvalue weighted by Gasteiger charge is -2.22. The molecule has 116 valence electrons. The maximum atomic E-state index is 11.8. The zero-order chi connectivity index (χ0) is 16.2. The van der Waals surface area contributed by atoms with Gasteiger partial charge in [-0.05, 0) is 73.5 Å². The van der Waals surface area contributed by atoms with Crippen molar-refractivity contribution in [2.75, 3.05) is 6.61 Å². The molecular weight excluding hydrogens is 420 g/mol. The lowest BCUT2D eigenvalue weighted by molar-refractivity contribution is -0.121. The van der Waals surface area contributed by atoms with Crippen LogP contribution in [-0.2, 0) is 4.79 Å². The Bertz CT molecular complexity index is 533. The quantitative estimate of drug-likeness (QED) is 0.708. The second-order valence-electron chi connectivity index (χ2n) is 5.57. The van der Waals surface area contributed by atoms with Crippen LogP contribution in [0, 0.1) is 6.92 Å². The fourth-order valence-corrected chi connectivity index (χ4v) is 3.52. The summed E-state index contributed by atoms with van der Waals surface area (Å²) in [5.41, 5.74) is 0.732. The summed E-state index contributed by atoms with van der Waals surface area (Å²) in [4.78, 5) is 11.8. The summed E-state index contributed by atoms with van der Waals surface area (Å²) >= 11 is 11.9. The number of hydrogen-bond acceptors (Lipinski definition) is 3. The summed E-state index contributed by atoms with van der Waals surface area (Å²) in [6, 6.07) is 3.79. The Kier molecular flexibility index (Phi) is 6.62. The molecule has 0 atom stereocenters. The predicted molar refractivity (Wildman–Crippen MR) is 95.7 cm³/mol. The second-order valence-corrected chi connectivity index (χ2v) is 7.75. The van der Waals surface area contributed by atoms with Crippen molar-refractivity contribution in [1.29, 1.82) is 0 Å². The second kappa shape index (κ2) is 7.56. The van der Waals surface area contributed by atoms with Crippen molar-refractivity contribution < 1.29 is 9.53 Å². The summed E-state index contributed by atoms with van der Waals surface area (Å²) in [6.07, 6.45) is 0. The molecule has 0 aliphatic rings. The van der Waals surface area contributed by atoms with Crippen LogP contribution < -0.4 is 15.4 Å². The van der Waals surface area contributed by atoms with Crippen LogP contribution in [-0.4, -0.2) is 23.2 Å². The summed E-state index contributed by atoms with van der Waals surface area (Å²) < 4.78 is 7.28. The molecule has 0 saturated carbocycles. The van der Waals surface area contributed by atoms with Gasteiger partial charge in [0.1, 0.15) is 5.75 Å². The van der Waals surface area contributed by atoms with E-state index in [9.17, 15) is 4.79 Å².